The Labute approximate surface area is 138 Å². The monoisotopic (exact) mass is 328 g/mol. The fraction of sp³-hybridized carbons (Fsp3) is 0.167. The molecule has 0 aliphatic heterocycles. The fourth-order valence-electron chi connectivity index (χ4n) is 2.48. The van der Waals surface area contributed by atoms with Gasteiger partial charge in [-0.05, 0) is 61.9 Å². The summed E-state index contributed by atoms with van der Waals surface area (Å²) in [5, 5.41) is 2.80. The van der Waals surface area contributed by atoms with E-state index in [0.717, 1.165) is 17.2 Å². The molecule has 2 heterocycles. The number of carbonyl (C=O) groups is 1. The van der Waals surface area contributed by atoms with E-state index < -0.39 is 0 Å². The summed E-state index contributed by atoms with van der Waals surface area (Å²) < 4.78 is 15.1. The van der Waals surface area contributed by atoms with Crippen LogP contribution in [0.2, 0.25) is 0 Å². The molecular weight excluding hydrogens is 311 g/mol. The number of nitrogens with zero attached hydrogens (tertiary/aromatic N) is 2. The van der Waals surface area contributed by atoms with Crippen LogP contribution in [0.5, 0.6) is 0 Å². The summed E-state index contributed by atoms with van der Waals surface area (Å²) in [4.78, 5) is 14.8. The Morgan fingerprint density at radius 2 is 1.91 bits per heavy atom. The highest BCUT2D eigenvalue weighted by atomic mass is 32.1. The third kappa shape index (κ3) is 3.25. The predicted octanol–water partition coefficient (Wildman–Crippen LogP) is 3.97. The smallest absolute Gasteiger partial charge is 0.196 e. The van der Waals surface area contributed by atoms with Gasteiger partial charge in [-0.3, -0.25) is 4.79 Å². The zero-order valence-electron chi connectivity index (χ0n) is 13.0. The molecule has 0 aliphatic carbocycles. The lowest BCUT2D eigenvalue weighted by molar-refractivity contribution is 0.103. The average Bonchev–Trinajstić information content (AvgIpc) is 3.15. The van der Waals surface area contributed by atoms with Crippen molar-refractivity contribution >= 4 is 17.1 Å². The molecule has 3 rings (SSSR count). The normalized spacial score (nSPS) is 11.1. The van der Waals surface area contributed by atoms with Crippen molar-refractivity contribution in [2.45, 2.75) is 6.54 Å². The maximum absolute atomic E-state index is 13.1. The van der Waals surface area contributed by atoms with Crippen molar-refractivity contribution in [1.29, 1.82) is 0 Å². The summed E-state index contributed by atoms with van der Waals surface area (Å²) in [6.07, 6.45) is 1.96. The van der Waals surface area contributed by atoms with Crippen LogP contribution >= 0.6 is 11.3 Å². The first-order chi connectivity index (χ1) is 11.1. The van der Waals surface area contributed by atoms with Gasteiger partial charge in [0.25, 0.3) is 0 Å². The summed E-state index contributed by atoms with van der Waals surface area (Å²) in [5.41, 5.74) is 2.25. The molecule has 0 spiro atoms. The summed E-state index contributed by atoms with van der Waals surface area (Å²) in [6.45, 7) is 0.787. The summed E-state index contributed by atoms with van der Waals surface area (Å²) in [5.74, 6) is -0.434. The second kappa shape index (κ2) is 6.48. The number of ketones is 1. The number of thiophene rings is 1. The third-order valence-electron chi connectivity index (χ3n) is 3.53. The first-order valence-electron chi connectivity index (χ1n) is 7.25. The highest BCUT2D eigenvalue weighted by molar-refractivity contribution is 7.13. The Morgan fingerprint density at radius 1 is 1.17 bits per heavy atom. The number of hydrogen-bond donors (Lipinski definition) is 0. The van der Waals surface area contributed by atoms with Crippen molar-refractivity contribution in [3.05, 3.63) is 76.7 Å². The Kier molecular flexibility index (Phi) is 4.41. The quantitative estimate of drug-likeness (QED) is 0.662. The van der Waals surface area contributed by atoms with Crippen molar-refractivity contribution in [2.24, 2.45) is 0 Å². The van der Waals surface area contributed by atoms with Gasteiger partial charge in [-0.2, -0.15) is 0 Å². The van der Waals surface area contributed by atoms with Gasteiger partial charge in [0.05, 0.1) is 5.56 Å². The van der Waals surface area contributed by atoms with Crippen LogP contribution in [0.3, 0.4) is 0 Å². The van der Waals surface area contributed by atoms with Gasteiger partial charge in [-0.15, -0.1) is 11.3 Å². The topological polar surface area (TPSA) is 25.2 Å². The molecule has 3 aromatic rings. The highest BCUT2D eigenvalue weighted by Gasteiger charge is 2.17. The fourth-order valence-corrected chi connectivity index (χ4v) is 3.40. The van der Waals surface area contributed by atoms with Crippen LogP contribution < -0.4 is 0 Å². The Morgan fingerprint density at radius 3 is 2.61 bits per heavy atom. The number of rotatable bonds is 5. The Balaban J connectivity index is 1.98. The largest absolute Gasteiger partial charge is 0.311 e. The van der Waals surface area contributed by atoms with Crippen molar-refractivity contribution in [2.75, 3.05) is 14.1 Å². The summed E-state index contributed by atoms with van der Waals surface area (Å²) in [6, 6.07) is 11.5. The zero-order chi connectivity index (χ0) is 16.4. The molecule has 0 radical (unpaired) electrons. The maximum Gasteiger partial charge on any atom is 0.196 e. The predicted molar refractivity (Wildman–Crippen MR) is 90.9 cm³/mol. The third-order valence-corrected chi connectivity index (χ3v) is 4.44. The number of carbonyl (C=O) groups excluding carboxylic acids is 1. The summed E-state index contributed by atoms with van der Waals surface area (Å²) >= 11 is 1.52. The molecule has 23 heavy (non-hydrogen) atoms. The molecule has 0 fully saturated rings. The van der Waals surface area contributed by atoms with Crippen molar-refractivity contribution < 1.29 is 9.18 Å². The van der Waals surface area contributed by atoms with Gasteiger partial charge in [0.2, 0.25) is 0 Å². The van der Waals surface area contributed by atoms with E-state index in [9.17, 15) is 9.18 Å². The first kappa shape index (κ1) is 15.6. The molecule has 0 N–H and O–H groups in total. The lowest BCUT2D eigenvalue weighted by Gasteiger charge is -2.13. The Bertz CT molecular complexity index is 818. The molecule has 3 nitrogen and oxygen atoms in total. The lowest BCUT2D eigenvalue weighted by Crippen LogP contribution is -2.14. The van der Waals surface area contributed by atoms with Gasteiger partial charge in [0.15, 0.2) is 5.78 Å². The van der Waals surface area contributed by atoms with E-state index in [1.807, 2.05) is 48.4 Å². The van der Waals surface area contributed by atoms with E-state index in [0.29, 0.717) is 11.1 Å². The van der Waals surface area contributed by atoms with Crippen LogP contribution in [-0.2, 0) is 6.54 Å². The van der Waals surface area contributed by atoms with E-state index in [1.165, 1.54) is 35.6 Å². The van der Waals surface area contributed by atoms with E-state index >= 15 is 0 Å². The molecule has 1 aromatic carbocycles. The van der Waals surface area contributed by atoms with Gasteiger partial charge >= 0.3 is 0 Å². The molecule has 5 heteroatoms. The van der Waals surface area contributed by atoms with E-state index in [2.05, 4.69) is 4.90 Å². The molecule has 0 unspecified atom stereocenters. The number of aromatic nitrogens is 1. The number of hydrogen-bond acceptors (Lipinski definition) is 3. The molecule has 0 saturated heterocycles. The van der Waals surface area contributed by atoms with E-state index in [1.54, 1.807) is 0 Å². The average molecular weight is 328 g/mol. The molecule has 118 valence electrons. The molecule has 0 bridgehead atoms. The first-order valence-corrected chi connectivity index (χ1v) is 8.13. The number of benzene rings is 1. The molecule has 0 saturated carbocycles. The standard InChI is InChI=1S/C18H17FN2OS/c1-20(2)12-15-4-3-10-21(15)18-16(9-11-23-18)17(22)13-5-7-14(19)8-6-13/h3-11H,12H2,1-2H3. The minimum absolute atomic E-state index is 0.0919. The molecule has 0 atom stereocenters. The van der Waals surface area contributed by atoms with Gasteiger partial charge in [-0.25, -0.2) is 4.39 Å². The van der Waals surface area contributed by atoms with Crippen LogP contribution in [0.15, 0.2) is 54.0 Å². The maximum atomic E-state index is 13.1. The molecular formula is C18H17FN2OS. The Hall–Kier alpha value is -2.24. The van der Waals surface area contributed by atoms with Gasteiger partial charge in [0.1, 0.15) is 10.8 Å². The highest BCUT2D eigenvalue weighted by Crippen LogP contribution is 2.26. The van der Waals surface area contributed by atoms with E-state index in [4.69, 9.17) is 0 Å². The van der Waals surface area contributed by atoms with Crippen LogP contribution in [0, 0.1) is 5.82 Å². The summed E-state index contributed by atoms with van der Waals surface area (Å²) in [7, 11) is 4.02. The van der Waals surface area contributed by atoms with Crippen LogP contribution in [-0.4, -0.2) is 29.3 Å². The second-order valence-electron chi connectivity index (χ2n) is 5.58. The molecule has 2 aromatic heterocycles. The SMILES string of the molecule is CN(C)Cc1cccn1-c1sccc1C(=O)c1ccc(F)cc1. The molecule has 0 amide bonds. The van der Waals surface area contributed by atoms with Crippen LogP contribution in [0.1, 0.15) is 21.6 Å². The van der Waals surface area contributed by atoms with Crippen LogP contribution in [0.25, 0.3) is 5.00 Å². The van der Waals surface area contributed by atoms with Crippen LogP contribution in [0.4, 0.5) is 4.39 Å². The second-order valence-corrected chi connectivity index (χ2v) is 6.48. The number of halogens is 1. The van der Waals surface area contributed by atoms with Gasteiger partial charge in [-0.1, -0.05) is 0 Å². The van der Waals surface area contributed by atoms with Gasteiger partial charge in [0, 0.05) is 24.0 Å². The minimum atomic E-state index is -0.342. The van der Waals surface area contributed by atoms with Crippen molar-refractivity contribution in [3.8, 4) is 5.00 Å². The molecule has 0 aliphatic rings. The van der Waals surface area contributed by atoms with Gasteiger partial charge < -0.3 is 9.47 Å². The van der Waals surface area contributed by atoms with E-state index in [-0.39, 0.29) is 11.6 Å². The lowest BCUT2D eigenvalue weighted by atomic mass is 10.1. The van der Waals surface area contributed by atoms with Crippen molar-refractivity contribution in [3.63, 3.8) is 0 Å². The zero-order valence-corrected chi connectivity index (χ0v) is 13.8. The minimum Gasteiger partial charge on any atom is -0.311 e. The van der Waals surface area contributed by atoms with Crippen molar-refractivity contribution in [1.82, 2.24) is 9.47 Å².